The maximum atomic E-state index is 13.5. The number of aromatic nitrogens is 2. The zero-order valence-corrected chi connectivity index (χ0v) is 16.5. The maximum absolute atomic E-state index is 13.5. The molecule has 3 aromatic rings. The second-order valence-electron chi connectivity index (χ2n) is 6.85. The van der Waals surface area contributed by atoms with Crippen molar-refractivity contribution in [2.24, 2.45) is 0 Å². The van der Waals surface area contributed by atoms with Gasteiger partial charge in [-0.05, 0) is 42.3 Å². The van der Waals surface area contributed by atoms with Crippen LogP contribution in [-0.4, -0.2) is 39.9 Å². The second-order valence-corrected chi connectivity index (χ2v) is 6.85. The quantitative estimate of drug-likeness (QED) is 0.627. The van der Waals surface area contributed by atoms with Gasteiger partial charge < -0.3 is 14.7 Å². The number of nitrogens with zero attached hydrogens (tertiary/aromatic N) is 3. The summed E-state index contributed by atoms with van der Waals surface area (Å²) in [6.07, 6.45) is 4.68. The smallest absolute Gasteiger partial charge is 0.222 e. The van der Waals surface area contributed by atoms with Crippen LogP contribution in [0.4, 0.5) is 4.39 Å². The van der Waals surface area contributed by atoms with Crippen molar-refractivity contribution in [2.75, 3.05) is 14.2 Å². The van der Waals surface area contributed by atoms with Crippen LogP contribution in [0.15, 0.2) is 54.9 Å². The van der Waals surface area contributed by atoms with Crippen LogP contribution in [0, 0.1) is 5.82 Å². The van der Waals surface area contributed by atoms with Gasteiger partial charge in [-0.15, -0.1) is 0 Å². The first-order valence-corrected chi connectivity index (χ1v) is 9.34. The molecule has 0 radical (unpaired) electrons. The normalized spacial score (nSPS) is 10.7. The van der Waals surface area contributed by atoms with E-state index in [0.717, 1.165) is 11.1 Å². The number of benzene rings is 2. The first kappa shape index (κ1) is 20.4. The lowest BCUT2D eigenvalue weighted by Gasteiger charge is -2.19. The minimum atomic E-state index is -0.357. The summed E-state index contributed by atoms with van der Waals surface area (Å²) in [5.41, 5.74) is 2.55. The molecule has 0 bridgehead atoms. The van der Waals surface area contributed by atoms with Crippen LogP contribution in [0.2, 0.25) is 0 Å². The summed E-state index contributed by atoms with van der Waals surface area (Å²) in [6.45, 7) is 0.896. The summed E-state index contributed by atoms with van der Waals surface area (Å²) in [7, 11) is 3.22. The van der Waals surface area contributed by atoms with Crippen LogP contribution < -0.4 is 4.74 Å². The summed E-state index contributed by atoms with van der Waals surface area (Å²) >= 11 is 0. The summed E-state index contributed by atoms with van der Waals surface area (Å²) in [5, 5.41) is 13.7. The Labute approximate surface area is 169 Å². The molecule has 3 rings (SSSR count). The topological polar surface area (TPSA) is 67.6 Å². The Hall–Kier alpha value is -3.35. The Morgan fingerprint density at radius 2 is 1.97 bits per heavy atom. The van der Waals surface area contributed by atoms with E-state index in [1.807, 2.05) is 18.3 Å². The van der Waals surface area contributed by atoms with E-state index in [4.69, 9.17) is 4.74 Å². The lowest BCUT2D eigenvalue weighted by atomic mass is 10.1. The highest BCUT2D eigenvalue weighted by Gasteiger charge is 2.13. The standard InChI is InChI=1S/C22H24FN3O3/c1-25(14-17-12-19(23)7-10-21(17)29-2)22(28)4-3-11-26-15-18(13-24-26)16-5-8-20(27)9-6-16/h5-10,12-13,15,27H,3-4,11,14H2,1-2H3. The fourth-order valence-corrected chi connectivity index (χ4v) is 3.09. The number of aryl methyl sites for hydroxylation is 1. The van der Waals surface area contributed by atoms with Crippen LogP contribution in [0.25, 0.3) is 11.1 Å². The summed E-state index contributed by atoms with van der Waals surface area (Å²) in [6, 6.07) is 11.2. The number of phenols is 1. The lowest BCUT2D eigenvalue weighted by molar-refractivity contribution is -0.130. The minimum Gasteiger partial charge on any atom is -0.508 e. The SMILES string of the molecule is COc1ccc(F)cc1CN(C)C(=O)CCCn1cc(-c2ccc(O)cc2)cn1. The van der Waals surface area contributed by atoms with Crippen molar-refractivity contribution < 1.29 is 19.0 Å². The van der Waals surface area contributed by atoms with Crippen molar-refractivity contribution in [1.29, 1.82) is 0 Å². The molecule has 1 aromatic heterocycles. The fourth-order valence-electron chi connectivity index (χ4n) is 3.09. The number of hydrogen-bond acceptors (Lipinski definition) is 4. The fraction of sp³-hybridized carbons (Fsp3) is 0.273. The highest BCUT2D eigenvalue weighted by molar-refractivity contribution is 5.75. The number of hydrogen-bond donors (Lipinski definition) is 1. The van der Waals surface area contributed by atoms with Gasteiger partial charge in [0.15, 0.2) is 0 Å². The van der Waals surface area contributed by atoms with Crippen molar-refractivity contribution in [2.45, 2.75) is 25.9 Å². The van der Waals surface area contributed by atoms with Crippen molar-refractivity contribution >= 4 is 5.91 Å². The molecular weight excluding hydrogens is 373 g/mol. The van der Waals surface area contributed by atoms with Gasteiger partial charge in [0, 0.05) is 43.9 Å². The van der Waals surface area contributed by atoms with Gasteiger partial charge >= 0.3 is 0 Å². The molecule has 7 heteroatoms. The first-order chi connectivity index (χ1) is 14.0. The molecule has 0 aliphatic rings. The Kier molecular flexibility index (Phi) is 6.49. The molecule has 1 amide bonds. The van der Waals surface area contributed by atoms with Gasteiger partial charge in [-0.25, -0.2) is 4.39 Å². The first-order valence-electron chi connectivity index (χ1n) is 9.34. The Morgan fingerprint density at radius 1 is 1.21 bits per heavy atom. The van der Waals surface area contributed by atoms with Gasteiger partial charge in [0.05, 0.1) is 13.3 Å². The highest BCUT2D eigenvalue weighted by Crippen LogP contribution is 2.22. The van der Waals surface area contributed by atoms with E-state index in [1.54, 1.807) is 41.0 Å². The number of ether oxygens (including phenoxy) is 1. The maximum Gasteiger partial charge on any atom is 0.222 e. The molecule has 0 aliphatic heterocycles. The molecular formula is C22H24FN3O3. The summed E-state index contributed by atoms with van der Waals surface area (Å²) < 4.78 is 20.5. The third-order valence-corrected chi connectivity index (χ3v) is 4.69. The van der Waals surface area contributed by atoms with E-state index in [1.165, 1.54) is 19.2 Å². The van der Waals surface area contributed by atoms with Crippen molar-refractivity contribution in [1.82, 2.24) is 14.7 Å². The Bertz CT molecular complexity index is 970. The number of carbonyl (C=O) groups is 1. The van der Waals surface area contributed by atoms with Gasteiger partial charge in [-0.3, -0.25) is 9.48 Å². The monoisotopic (exact) mass is 397 g/mol. The number of halogens is 1. The zero-order valence-electron chi connectivity index (χ0n) is 16.5. The molecule has 0 saturated carbocycles. The van der Waals surface area contributed by atoms with E-state index in [2.05, 4.69) is 5.10 Å². The number of methoxy groups -OCH3 is 1. The van der Waals surface area contributed by atoms with E-state index < -0.39 is 0 Å². The third-order valence-electron chi connectivity index (χ3n) is 4.69. The molecule has 1 heterocycles. The van der Waals surface area contributed by atoms with Crippen molar-refractivity contribution in [3.05, 3.63) is 66.2 Å². The van der Waals surface area contributed by atoms with Crippen molar-refractivity contribution in [3.8, 4) is 22.6 Å². The van der Waals surface area contributed by atoms with Crippen LogP contribution in [-0.2, 0) is 17.9 Å². The number of carbonyl (C=O) groups excluding carboxylic acids is 1. The molecule has 0 aliphatic carbocycles. The molecule has 0 spiro atoms. The highest BCUT2D eigenvalue weighted by atomic mass is 19.1. The molecule has 0 unspecified atom stereocenters. The van der Waals surface area contributed by atoms with Crippen LogP contribution in [0.1, 0.15) is 18.4 Å². The molecule has 1 N–H and O–H groups in total. The van der Waals surface area contributed by atoms with Gasteiger partial charge in [-0.2, -0.15) is 5.10 Å². The molecule has 29 heavy (non-hydrogen) atoms. The molecule has 6 nitrogen and oxygen atoms in total. The average Bonchev–Trinajstić information content (AvgIpc) is 3.17. The predicted octanol–water partition coefficient (Wildman–Crippen LogP) is 3.84. The molecule has 0 saturated heterocycles. The second kappa shape index (κ2) is 9.23. The summed E-state index contributed by atoms with van der Waals surface area (Å²) in [4.78, 5) is 14.0. The molecule has 2 aromatic carbocycles. The largest absolute Gasteiger partial charge is 0.508 e. The minimum absolute atomic E-state index is 0.0257. The van der Waals surface area contributed by atoms with E-state index in [-0.39, 0.29) is 24.0 Å². The van der Waals surface area contributed by atoms with Crippen LogP contribution >= 0.6 is 0 Å². The molecule has 0 atom stereocenters. The average molecular weight is 397 g/mol. The Balaban J connectivity index is 1.51. The van der Waals surface area contributed by atoms with Crippen LogP contribution in [0.5, 0.6) is 11.5 Å². The van der Waals surface area contributed by atoms with Crippen molar-refractivity contribution in [3.63, 3.8) is 0 Å². The van der Waals surface area contributed by atoms with E-state index in [0.29, 0.717) is 30.7 Å². The van der Waals surface area contributed by atoms with Gasteiger partial charge in [0.25, 0.3) is 0 Å². The van der Waals surface area contributed by atoms with Crippen LogP contribution in [0.3, 0.4) is 0 Å². The number of amides is 1. The van der Waals surface area contributed by atoms with Gasteiger partial charge in [-0.1, -0.05) is 12.1 Å². The predicted molar refractivity (Wildman–Crippen MR) is 108 cm³/mol. The molecule has 152 valence electrons. The van der Waals surface area contributed by atoms with Gasteiger partial charge in [0.1, 0.15) is 17.3 Å². The third kappa shape index (κ3) is 5.34. The lowest BCUT2D eigenvalue weighted by Crippen LogP contribution is -2.26. The van der Waals surface area contributed by atoms with E-state index in [9.17, 15) is 14.3 Å². The van der Waals surface area contributed by atoms with Gasteiger partial charge in [0.2, 0.25) is 5.91 Å². The number of aromatic hydroxyl groups is 1. The zero-order chi connectivity index (χ0) is 20.8. The molecule has 0 fully saturated rings. The number of phenolic OH excluding ortho intramolecular Hbond substituents is 1. The summed E-state index contributed by atoms with van der Waals surface area (Å²) in [5.74, 6) is 0.399. The Morgan fingerprint density at radius 3 is 2.69 bits per heavy atom. The number of rotatable bonds is 8. The van der Waals surface area contributed by atoms with E-state index >= 15 is 0 Å².